The largest absolute Gasteiger partial charge is 0.380 e. The van der Waals surface area contributed by atoms with Gasteiger partial charge in [0.1, 0.15) is 0 Å². The Labute approximate surface area is 128 Å². The predicted molar refractivity (Wildman–Crippen MR) is 88.4 cm³/mol. The molecule has 0 aliphatic carbocycles. The number of benzene rings is 2. The van der Waals surface area contributed by atoms with Crippen molar-refractivity contribution in [3.63, 3.8) is 0 Å². The van der Waals surface area contributed by atoms with Gasteiger partial charge in [-0.15, -0.1) is 0 Å². The van der Waals surface area contributed by atoms with E-state index in [0.29, 0.717) is 12.1 Å². The summed E-state index contributed by atoms with van der Waals surface area (Å²) in [5.74, 6) is 0. The molecule has 0 aliphatic rings. The second-order valence-corrected chi connectivity index (χ2v) is 5.38. The van der Waals surface area contributed by atoms with E-state index in [4.69, 9.17) is 4.74 Å². The summed E-state index contributed by atoms with van der Waals surface area (Å²) >= 11 is 0. The van der Waals surface area contributed by atoms with Crippen LogP contribution in [0.4, 0.5) is 0 Å². The highest BCUT2D eigenvalue weighted by molar-refractivity contribution is 5.23. The minimum Gasteiger partial charge on any atom is -0.380 e. The van der Waals surface area contributed by atoms with Gasteiger partial charge >= 0.3 is 0 Å². The molecule has 2 atom stereocenters. The Morgan fingerprint density at radius 3 is 2.19 bits per heavy atom. The van der Waals surface area contributed by atoms with Gasteiger partial charge in [-0.25, -0.2) is 0 Å². The Morgan fingerprint density at radius 2 is 1.57 bits per heavy atom. The molecule has 0 saturated heterocycles. The molecule has 2 nitrogen and oxygen atoms in total. The van der Waals surface area contributed by atoms with Gasteiger partial charge in [0, 0.05) is 18.7 Å². The highest BCUT2D eigenvalue weighted by atomic mass is 16.5. The third-order valence-corrected chi connectivity index (χ3v) is 3.54. The lowest BCUT2D eigenvalue weighted by Crippen LogP contribution is -2.35. The molecule has 0 aliphatic heterocycles. The third-order valence-electron chi connectivity index (χ3n) is 3.54. The average molecular weight is 283 g/mol. The van der Waals surface area contributed by atoms with Gasteiger partial charge in [0.2, 0.25) is 0 Å². The maximum absolute atomic E-state index is 5.52. The lowest BCUT2D eigenvalue weighted by Gasteiger charge is -2.24. The van der Waals surface area contributed by atoms with Crippen LogP contribution >= 0.6 is 0 Å². The zero-order valence-electron chi connectivity index (χ0n) is 13.0. The molecule has 0 fully saturated rings. The first-order valence-corrected chi connectivity index (χ1v) is 7.72. The van der Waals surface area contributed by atoms with E-state index in [1.807, 2.05) is 6.92 Å². The van der Waals surface area contributed by atoms with Crippen LogP contribution in [-0.2, 0) is 11.2 Å². The van der Waals surface area contributed by atoms with Gasteiger partial charge in [-0.1, -0.05) is 60.7 Å². The Balaban J connectivity index is 2.07. The van der Waals surface area contributed by atoms with Crippen LogP contribution in [0.5, 0.6) is 0 Å². The third kappa shape index (κ3) is 5.33. The van der Waals surface area contributed by atoms with Crippen LogP contribution in [0.25, 0.3) is 0 Å². The van der Waals surface area contributed by atoms with Crippen molar-refractivity contribution in [2.45, 2.75) is 32.4 Å². The number of ether oxygens (including phenoxy) is 1. The fourth-order valence-electron chi connectivity index (χ4n) is 2.49. The maximum Gasteiger partial charge on any atom is 0.0616 e. The molecule has 21 heavy (non-hydrogen) atoms. The fourth-order valence-corrected chi connectivity index (χ4v) is 2.49. The van der Waals surface area contributed by atoms with Gasteiger partial charge in [-0.05, 0) is 31.4 Å². The van der Waals surface area contributed by atoms with Crippen LogP contribution in [-0.4, -0.2) is 19.3 Å². The smallest absolute Gasteiger partial charge is 0.0616 e. The van der Waals surface area contributed by atoms with Crippen molar-refractivity contribution >= 4 is 0 Å². The predicted octanol–water partition coefficient (Wildman–Crippen LogP) is 3.99. The van der Waals surface area contributed by atoms with Crippen LogP contribution in [0.1, 0.15) is 31.0 Å². The number of hydrogen-bond donors (Lipinski definition) is 1. The summed E-state index contributed by atoms with van der Waals surface area (Å²) in [5.41, 5.74) is 2.67. The quantitative estimate of drug-likeness (QED) is 0.791. The molecule has 1 N–H and O–H groups in total. The van der Waals surface area contributed by atoms with Crippen molar-refractivity contribution in [1.82, 2.24) is 5.32 Å². The Morgan fingerprint density at radius 1 is 0.952 bits per heavy atom. The molecule has 0 spiro atoms. The lowest BCUT2D eigenvalue weighted by molar-refractivity contribution is 0.123. The molecular weight excluding hydrogens is 258 g/mol. The first kappa shape index (κ1) is 15.7. The van der Waals surface area contributed by atoms with Crippen molar-refractivity contribution in [2.75, 3.05) is 13.2 Å². The zero-order valence-corrected chi connectivity index (χ0v) is 13.0. The van der Waals surface area contributed by atoms with E-state index in [1.165, 1.54) is 11.1 Å². The first-order valence-electron chi connectivity index (χ1n) is 7.72. The van der Waals surface area contributed by atoms with E-state index < -0.39 is 0 Å². The van der Waals surface area contributed by atoms with E-state index in [-0.39, 0.29) is 0 Å². The molecule has 2 unspecified atom stereocenters. The van der Waals surface area contributed by atoms with Crippen molar-refractivity contribution in [1.29, 1.82) is 0 Å². The highest BCUT2D eigenvalue weighted by Gasteiger charge is 2.14. The normalized spacial score (nSPS) is 13.8. The van der Waals surface area contributed by atoms with Crippen molar-refractivity contribution in [3.05, 3.63) is 71.8 Å². The maximum atomic E-state index is 5.52. The Bertz CT molecular complexity index is 497. The molecule has 2 heteroatoms. The van der Waals surface area contributed by atoms with Crippen LogP contribution in [0.15, 0.2) is 60.7 Å². The van der Waals surface area contributed by atoms with Crippen molar-refractivity contribution < 1.29 is 4.74 Å². The summed E-state index contributed by atoms with van der Waals surface area (Å²) in [7, 11) is 0. The van der Waals surface area contributed by atoms with Crippen LogP contribution in [0.2, 0.25) is 0 Å². The zero-order chi connectivity index (χ0) is 14.9. The molecule has 2 rings (SSSR count). The summed E-state index contributed by atoms with van der Waals surface area (Å²) in [5, 5.41) is 3.69. The molecule has 0 amide bonds. The van der Waals surface area contributed by atoms with Crippen LogP contribution in [0.3, 0.4) is 0 Å². The van der Waals surface area contributed by atoms with E-state index in [9.17, 15) is 0 Å². The molecule has 2 aromatic carbocycles. The molecule has 0 bridgehead atoms. The van der Waals surface area contributed by atoms with E-state index in [2.05, 4.69) is 72.9 Å². The van der Waals surface area contributed by atoms with Gasteiger partial charge in [0.05, 0.1) is 6.61 Å². The number of hydrogen-bond acceptors (Lipinski definition) is 2. The molecule has 112 valence electrons. The van der Waals surface area contributed by atoms with E-state index in [1.54, 1.807) is 0 Å². The second-order valence-electron chi connectivity index (χ2n) is 5.38. The molecule has 0 radical (unpaired) electrons. The van der Waals surface area contributed by atoms with E-state index in [0.717, 1.165) is 19.6 Å². The molecule has 0 saturated carbocycles. The van der Waals surface area contributed by atoms with Crippen molar-refractivity contribution in [3.8, 4) is 0 Å². The fraction of sp³-hybridized carbons (Fsp3) is 0.368. The van der Waals surface area contributed by atoms with Gasteiger partial charge < -0.3 is 10.1 Å². The minimum atomic E-state index is 0.309. The summed E-state index contributed by atoms with van der Waals surface area (Å²) < 4.78 is 5.52. The SMILES string of the molecule is CCOCC(C)NC(Cc1ccccc1)c1ccccc1. The molecular formula is C19H25NO. The van der Waals surface area contributed by atoms with Gasteiger partial charge in [0.15, 0.2) is 0 Å². The van der Waals surface area contributed by atoms with Crippen LogP contribution < -0.4 is 5.32 Å². The van der Waals surface area contributed by atoms with E-state index >= 15 is 0 Å². The lowest BCUT2D eigenvalue weighted by atomic mass is 9.98. The standard InChI is InChI=1S/C19H25NO/c1-3-21-15-16(2)20-19(18-12-8-5-9-13-18)14-17-10-6-4-7-11-17/h4-13,16,19-20H,3,14-15H2,1-2H3. The number of rotatable bonds is 8. The van der Waals surface area contributed by atoms with Gasteiger partial charge in [-0.2, -0.15) is 0 Å². The summed E-state index contributed by atoms with van der Waals surface area (Å²) in [6.07, 6.45) is 0.987. The minimum absolute atomic E-state index is 0.309. The van der Waals surface area contributed by atoms with Gasteiger partial charge in [0.25, 0.3) is 0 Å². The highest BCUT2D eigenvalue weighted by Crippen LogP contribution is 2.19. The topological polar surface area (TPSA) is 21.3 Å². The molecule has 0 heterocycles. The summed E-state index contributed by atoms with van der Waals surface area (Å²) in [6, 6.07) is 21.9. The Hall–Kier alpha value is -1.64. The monoisotopic (exact) mass is 283 g/mol. The summed E-state index contributed by atoms with van der Waals surface area (Å²) in [6.45, 7) is 5.72. The number of nitrogens with one attached hydrogen (secondary N) is 1. The second kappa shape index (κ2) is 8.60. The average Bonchev–Trinajstić information content (AvgIpc) is 2.54. The van der Waals surface area contributed by atoms with Gasteiger partial charge in [-0.3, -0.25) is 0 Å². The van der Waals surface area contributed by atoms with Crippen molar-refractivity contribution in [2.24, 2.45) is 0 Å². The first-order chi connectivity index (χ1) is 10.3. The van der Waals surface area contributed by atoms with Crippen LogP contribution in [0, 0.1) is 0 Å². The Kier molecular flexibility index (Phi) is 6.45. The summed E-state index contributed by atoms with van der Waals surface area (Å²) in [4.78, 5) is 0. The molecule has 0 aromatic heterocycles. The molecule has 2 aromatic rings.